The second kappa shape index (κ2) is 8.23. The molecule has 0 heterocycles. The van der Waals surface area contributed by atoms with Crippen LogP contribution in [0, 0.1) is 5.92 Å². The first-order chi connectivity index (χ1) is 9.13. The van der Waals surface area contributed by atoms with Gasteiger partial charge in [0.25, 0.3) is 0 Å². The van der Waals surface area contributed by atoms with E-state index in [2.05, 4.69) is 25.7 Å². The maximum atomic E-state index is 6.21. The van der Waals surface area contributed by atoms with Gasteiger partial charge in [0.1, 0.15) is 0 Å². The molecular weight excluding hydrogens is 236 g/mol. The highest BCUT2D eigenvalue weighted by Gasteiger charge is 2.40. The third-order valence-corrected chi connectivity index (χ3v) is 5.26. The Hall–Kier alpha value is -0.120. The van der Waals surface area contributed by atoms with Gasteiger partial charge in [-0.1, -0.05) is 20.3 Å². The molecule has 0 spiro atoms. The fourth-order valence-electron chi connectivity index (χ4n) is 3.57. The molecule has 1 aliphatic carbocycles. The van der Waals surface area contributed by atoms with Crippen molar-refractivity contribution in [3.05, 3.63) is 0 Å². The molecule has 0 amide bonds. The molecule has 0 radical (unpaired) electrons. The molecule has 114 valence electrons. The predicted molar refractivity (Wildman–Crippen MR) is 82.4 cm³/mol. The fraction of sp³-hybridized carbons (Fsp3) is 1.00. The predicted octanol–water partition coefficient (Wildman–Crippen LogP) is 3.03. The zero-order valence-corrected chi connectivity index (χ0v) is 13.5. The second-order valence-corrected chi connectivity index (χ2v) is 6.22. The highest BCUT2D eigenvalue weighted by Crippen LogP contribution is 2.38. The summed E-state index contributed by atoms with van der Waals surface area (Å²) in [6, 6.07) is 0.594. The summed E-state index contributed by atoms with van der Waals surface area (Å²) in [5.74, 6) is 0.917. The summed E-state index contributed by atoms with van der Waals surface area (Å²) < 4.78 is 5.31. The van der Waals surface area contributed by atoms with Gasteiger partial charge in [0.05, 0.1) is 6.61 Å². The molecule has 0 saturated heterocycles. The van der Waals surface area contributed by atoms with Crippen LogP contribution in [0.25, 0.3) is 0 Å². The molecule has 1 atom stereocenters. The number of methoxy groups -OCH3 is 1. The van der Waals surface area contributed by atoms with Crippen molar-refractivity contribution in [1.82, 2.24) is 4.90 Å². The summed E-state index contributed by atoms with van der Waals surface area (Å²) in [7, 11) is 1.79. The minimum atomic E-state index is 0.222. The van der Waals surface area contributed by atoms with Crippen molar-refractivity contribution in [2.24, 2.45) is 11.7 Å². The van der Waals surface area contributed by atoms with Crippen molar-refractivity contribution in [1.29, 1.82) is 0 Å². The van der Waals surface area contributed by atoms with Crippen LogP contribution in [0.15, 0.2) is 0 Å². The lowest BCUT2D eigenvalue weighted by Gasteiger charge is -2.50. The summed E-state index contributed by atoms with van der Waals surface area (Å²) in [6.45, 7) is 9.53. The van der Waals surface area contributed by atoms with Crippen LogP contribution < -0.4 is 5.73 Å². The van der Waals surface area contributed by atoms with Crippen LogP contribution in [0.1, 0.15) is 59.3 Å². The SMILES string of the molecule is CCC1CCC(CN)(N(CCOC)C(C)CC)CC1. The van der Waals surface area contributed by atoms with Crippen LogP contribution in [0.5, 0.6) is 0 Å². The van der Waals surface area contributed by atoms with Gasteiger partial charge < -0.3 is 10.5 Å². The van der Waals surface area contributed by atoms with E-state index in [4.69, 9.17) is 10.5 Å². The number of nitrogens with two attached hydrogens (primary N) is 1. The van der Waals surface area contributed by atoms with E-state index in [1.807, 2.05) is 0 Å². The standard InChI is InChI=1S/C16H34N2O/c1-5-14(3)18(11-12-19-4)16(13-17)9-7-15(6-2)8-10-16/h14-15H,5-13,17H2,1-4H3. The maximum absolute atomic E-state index is 6.21. The molecule has 1 rings (SSSR count). The van der Waals surface area contributed by atoms with Crippen LogP contribution in [0.3, 0.4) is 0 Å². The van der Waals surface area contributed by atoms with Crippen LogP contribution in [0.2, 0.25) is 0 Å². The molecule has 0 bridgehead atoms. The van der Waals surface area contributed by atoms with Crippen LogP contribution in [-0.2, 0) is 4.74 Å². The molecule has 0 aromatic carbocycles. The lowest BCUT2D eigenvalue weighted by atomic mass is 9.74. The van der Waals surface area contributed by atoms with E-state index in [0.29, 0.717) is 6.04 Å². The lowest BCUT2D eigenvalue weighted by Crippen LogP contribution is -2.59. The van der Waals surface area contributed by atoms with Crippen molar-refractivity contribution in [3.8, 4) is 0 Å². The zero-order chi connectivity index (χ0) is 14.3. The molecule has 1 fully saturated rings. The molecule has 1 unspecified atom stereocenters. The van der Waals surface area contributed by atoms with Crippen LogP contribution >= 0.6 is 0 Å². The van der Waals surface area contributed by atoms with Crippen molar-refractivity contribution >= 4 is 0 Å². The molecule has 2 N–H and O–H groups in total. The monoisotopic (exact) mass is 270 g/mol. The molecule has 0 aliphatic heterocycles. The fourth-order valence-corrected chi connectivity index (χ4v) is 3.57. The van der Waals surface area contributed by atoms with Crippen molar-refractivity contribution in [3.63, 3.8) is 0 Å². The Kier molecular flexibility index (Phi) is 7.33. The molecule has 1 aliphatic rings. The van der Waals surface area contributed by atoms with Gasteiger partial charge in [0, 0.05) is 31.8 Å². The number of ether oxygens (including phenoxy) is 1. The van der Waals surface area contributed by atoms with E-state index in [-0.39, 0.29) is 5.54 Å². The van der Waals surface area contributed by atoms with E-state index >= 15 is 0 Å². The lowest BCUT2D eigenvalue weighted by molar-refractivity contribution is -0.00557. The Morgan fingerprint density at radius 3 is 2.37 bits per heavy atom. The van der Waals surface area contributed by atoms with Gasteiger partial charge in [-0.25, -0.2) is 0 Å². The van der Waals surface area contributed by atoms with Gasteiger partial charge >= 0.3 is 0 Å². The van der Waals surface area contributed by atoms with Gasteiger partial charge in [0.2, 0.25) is 0 Å². The summed E-state index contributed by atoms with van der Waals surface area (Å²) in [5.41, 5.74) is 6.43. The van der Waals surface area contributed by atoms with Crippen molar-refractivity contribution in [2.45, 2.75) is 70.9 Å². The Morgan fingerprint density at radius 2 is 1.95 bits per heavy atom. The normalized spacial score (nSPS) is 29.7. The largest absolute Gasteiger partial charge is 0.383 e. The zero-order valence-electron chi connectivity index (χ0n) is 13.5. The number of hydrogen-bond donors (Lipinski definition) is 1. The van der Waals surface area contributed by atoms with E-state index in [1.54, 1.807) is 7.11 Å². The Bertz CT molecular complexity index is 237. The van der Waals surface area contributed by atoms with Crippen molar-refractivity contribution in [2.75, 3.05) is 26.8 Å². The first-order valence-corrected chi connectivity index (χ1v) is 8.09. The minimum absolute atomic E-state index is 0.222. The highest BCUT2D eigenvalue weighted by molar-refractivity contribution is 4.97. The first-order valence-electron chi connectivity index (χ1n) is 8.09. The number of nitrogens with zero attached hydrogens (tertiary/aromatic N) is 1. The van der Waals surface area contributed by atoms with Crippen molar-refractivity contribution < 1.29 is 4.74 Å². The molecule has 3 nitrogen and oxygen atoms in total. The van der Waals surface area contributed by atoms with Gasteiger partial charge in [-0.05, 0) is 44.9 Å². The highest BCUT2D eigenvalue weighted by atomic mass is 16.5. The van der Waals surface area contributed by atoms with Gasteiger partial charge in [-0.15, -0.1) is 0 Å². The minimum Gasteiger partial charge on any atom is -0.383 e. The Morgan fingerprint density at radius 1 is 1.32 bits per heavy atom. The van der Waals surface area contributed by atoms with Crippen LogP contribution in [0.4, 0.5) is 0 Å². The molecule has 19 heavy (non-hydrogen) atoms. The first kappa shape index (κ1) is 16.9. The number of rotatable bonds is 8. The average molecular weight is 270 g/mol. The van der Waals surface area contributed by atoms with Gasteiger partial charge in [-0.3, -0.25) is 4.90 Å². The number of hydrogen-bond acceptors (Lipinski definition) is 3. The van der Waals surface area contributed by atoms with E-state index in [1.165, 1.54) is 38.5 Å². The summed E-state index contributed by atoms with van der Waals surface area (Å²) in [4.78, 5) is 2.64. The van der Waals surface area contributed by atoms with Gasteiger partial charge in [0.15, 0.2) is 0 Å². The second-order valence-electron chi connectivity index (χ2n) is 6.22. The Labute approximate surface area is 119 Å². The quantitative estimate of drug-likeness (QED) is 0.737. The van der Waals surface area contributed by atoms with E-state index < -0.39 is 0 Å². The third-order valence-electron chi connectivity index (χ3n) is 5.26. The van der Waals surface area contributed by atoms with E-state index in [9.17, 15) is 0 Å². The molecule has 0 aromatic heterocycles. The smallest absolute Gasteiger partial charge is 0.0590 e. The van der Waals surface area contributed by atoms with Gasteiger partial charge in [-0.2, -0.15) is 0 Å². The molecule has 0 aromatic rings. The van der Waals surface area contributed by atoms with Crippen LogP contribution in [-0.4, -0.2) is 43.3 Å². The summed E-state index contributed by atoms with van der Waals surface area (Å²) >= 11 is 0. The maximum Gasteiger partial charge on any atom is 0.0590 e. The molecular formula is C16H34N2O. The summed E-state index contributed by atoms with van der Waals surface area (Å²) in [6.07, 6.45) is 7.71. The average Bonchev–Trinajstić information content (AvgIpc) is 2.47. The third kappa shape index (κ3) is 4.17. The summed E-state index contributed by atoms with van der Waals surface area (Å²) in [5, 5.41) is 0. The van der Waals surface area contributed by atoms with E-state index in [0.717, 1.165) is 25.6 Å². The molecule has 3 heteroatoms. The topological polar surface area (TPSA) is 38.5 Å². The molecule has 1 saturated carbocycles. The Balaban J connectivity index is 2.77.